The van der Waals surface area contributed by atoms with Crippen LogP contribution in [0.2, 0.25) is 5.02 Å². The van der Waals surface area contributed by atoms with Crippen molar-refractivity contribution in [2.24, 2.45) is 5.73 Å². The Balaban J connectivity index is 2.09. The van der Waals surface area contributed by atoms with E-state index < -0.39 is 0 Å². The van der Waals surface area contributed by atoms with E-state index in [-0.39, 0.29) is 12.1 Å². The summed E-state index contributed by atoms with van der Waals surface area (Å²) >= 11 is 6.01. The maximum atomic E-state index is 6.41. The summed E-state index contributed by atoms with van der Waals surface area (Å²) in [5.41, 5.74) is 7.67. The molecule has 0 spiro atoms. The molecule has 0 amide bonds. The van der Waals surface area contributed by atoms with Crippen molar-refractivity contribution in [3.63, 3.8) is 0 Å². The molecule has 0 saturated carbocycles. The molecule has 1 aromatic carbocycles. The molecule has 2 N–H and O–H groups in total. The van der Waals surface area contributed by atoms with Crippen LogP contribution in [0, 0.1) is 0 Å². The van der Waals surface area contributed by atoms with Crippen LogP contribution < -0.4 is 5.73 Å². The molecule has 0 radical (unpaired) electrons. The van der Waals surface area contributed by atoms with Crippen molar-refractivity contribution in [1.29, 1.82) is 0 Å². The van der Waals surface area contributed by atoms with Gasteiger partial charge in [-0.1, -0.05) is 30.7 Å². The molecule has 1 aromatic rings. The average Bonchev–Trinajstić information content (AvgIpc) is 2.51. The standard InChI is InChI=1S/C17H27ClN2O/c1-3-16(19)17(13-5-7-14(18)8-6-13)20-11-9-15(10-12-20)21-4-2/h5-8,15-17H,3-4,9-12,19H2,1-2H3. The van der Waals surface area contributed by atoms with Gasteiger partial charge in [-0.15, -0.1) is 0 Å². The topological polar surface area (TPSA) is 38.5 Å². The molecule has 0 aliphatic carbocycles. The first kappa shape index (κ1) is 16.8. The molecule has 1 heterocycles. The third-order valence-corrected chi connectivity index (χ3v) is 4.61. The first-order chi connectivity index (χ1) is 10.2. The van der Waals surface area contributed by atoms with E-state index in [2.05, 4.69) is 30.9 Å². The molecular formula is C17H27ClN2O. The van der Waals surface area contributed by atoms with E-state index in [9.17, 15) is 0 Å². The highest BCUT2D eigenvalue weighted by molar-refractivity contribution is 6.30. The van der Waals surface area contributed by atoms with Gasteiger partial charge < -0.3 is 10.5 Å². The number of nitrogens with two attached hydrogens (primary N) is 1. The van der Waals surface area contributed by atoms with Crippen molar-refractivity contribution >= 4 is 11.6 Å². The number of benzene rings is 1. The zero-order valence-corrected chi connectivity index (χ0v) is 13.9. The van der Waals surface area contributed by atoms with Crippen LogP contribution in [0.3, 0.4) is 0 Å². The lowest BCUT2D eigenvalue weighted by atomic mass is 9.94. The Morgan fingerprint density at radius 3 is 2.38 bits per heavy atom. The largest absolute Gasteiger partial charge is 0.378 e. The highest BCUT2D eigenvalue weighted by Crippen LogP contribution is 2.29. The van der Waals surface area contributed by atoms with E-state index in [4.69, 9.17) is 22.1 Å². The second kappa shape index (κ2) is 8.14. The fourth-order valence-electron chi connectivity index (χ4n) is 3.17. The second-order valence-corrected chi connectivity index (χ2v) is 6.20. The van der Waals surface area contributed by atoms with Crippen LogP contribution in [0.15, 0.2) is 24.3 Å². The first-order valence-corrected chi connectivity index (χ1v) is 8.40. The highest BCUT2D eigenvalue weighted by atomic mass is 35.5. The summed E-state index contributed by atoms with van der Waals surface area (Å²) in [4.78, 5) is 2.51. The van der Waals surface area contributed by atoms with Crippen LogP contribution in [-0.2, 0) is 4.74 Å². The van der Waals surface area contributed by atoms with Crippen LogP contribution in [0.25, 0.3) is 0 Å². The summed E-state index contributed by atoms with van der Waals surface area (Å²) in [7, 11) is 0. The van der Waals surface area contributed by atoms with E-state index in [1.54, 1.807) is 0 Å². The summed E-state index contributed by atoms with van der Waals surface area (Å²) in [6, 6.07) is 8.55. The number of likely N-dealkylation sites (tertiary alicyclic amines) is 1. The quantitative estimate of drug-likeness (QED) is 0.872. The SMILES string of the molecule is CCOC1CCN(C(c2ccc(Cl)cc2)C(N)CC)CC1. The van der Waals surface area contributed by atoms with Gasteiger partial charge in [0.2, 0.25) is 0 Å². The van der Waals surface area contributed by atoms with Gasteiger partial charge in [-0.2, -0.15) is 0 Å². The Morgan fingerprint density at radius 1 is 1.24 bits per heavy atom. The Labute approximate surface area is 133 Å². The van der Waals surface area contributed by atoms with Gasteiger partial charge in [-0.05, 0) is 43.9 Å². The summed E-state index contributed by atoms with van der Waals surface area (Å²) < 4.78 is 5.74. The third kappa shape index (κ3) is 4.43. The van der Waals surface area contributed by atoms with Gasteiger partial charge in [0.15, 0.2) is 0 Å². The predicted octanol–water partition coefficient (Wildman–Crippen LogP) is 3.62. The minimum Gasteiger partial charge on any atom is -0.378 e. The van der Waals surface area contributed by atoms with E-state index in [1.165, 1.54) is 5.56 Å². The van der Waals surface area contributed by atoms with E-state index >= 15 is 0 Å². The summed E-state index contributed by atoms with van der Waals surface area (Å²) in [6.45, 7) is 7.12. The van der Waals surface area contributed by atoms with Crippen molar-refractivity contribution in [2.75, 3.05) is 19.7 Å². The molecule has 2 unspecified atom stereocenters. The Hall–Kier alpha value is -0.610. The van der Waals surface area contributed by atoms with Crippen molar-refractivity contribution in [2.45, 2.75) is 51.3 Å². The van der Waals surface area contributed by atoms with E-state index in [1.807, 2.05) is 12.1 Å². The number of rotatable bonds is 6. The lowest BCUT2D eigenvalue weighted by Gasteiger charge is -2.40. The lowest BCUT2D eigenvalue weighted by molar-refractivity contribution is 0.000348. The predicted molar refractivity (Wildman–Crippen MR) is 88.7 cm³/mol. The lowest BCUT2D eigenvalue weighted by Crippen LogP contribution is -2.46. The van der Waals surface area contributed by atoms with Crippen LogP contribution >= 0.6 is 11.6 Å². The molecule has 3 nitrogen and oxygen atoms in total. The normalized spacial score (nSPS) is 20.4. The summed E-state index contributed by atoms with van der Waals surface area (Å²) in [5.74, 6) is 0. The van der Waals surface area contributed by atoms with Gasteiger partial charge in [0, 0.05) is 36.8 Å². The zero-order valence-electron chi connectivity index (χ0n) is 13.1. The van der Waals surface area contributed by atoms with E-state index in [0.29, 0.717) is 6.10 Å². The van der Waals surface area contributed by atoms with Crippen LogP contribution in [-0.4, -0.2) is 36.7 Å². The average molecular weight is 311 g/mol. The number of hydrogen-bond donors (Lipinski definition) is 1. The number of piperidine rings is 1. The zero-order chi connectivity index (χ0) is 15.2. The molecule has 1 fully saturated rings. The fraction of sp³-hybridized carbons (Fsp3) is 0.647. The molecule has 4 heteroatoms. The minimum atomic E-state index is 0.148. The van der Waals surface area contributed by atoms with Gasteiger partial charge in [0.05, 0.1) is 6.10 Å². The number of hydrogen-bond acceptors (Lipinski definition) is 3. The van der Waals surface area contributed by atoms with Crippen molar-refractivity contribution < 1.29 is 4.74 Å². The molecule has 0 aromatic heterocycles. The number of ether oxygens (including phenoxy) is 1. The molecule has 2 atom stereocenters. The van der Waals surface area contributed by atoms with E-state index in [0.717, 1.165) is 44.0 Å². The maximum absolute atomic E-state index is 6.41. The van der Waals surface area contributed by atoms with Crippen molar-refractivity contribution in [3.8, 4) is 0 Å². The van der Waals surface area contributed by atoms with Crippen molar-refractivity contribution in [3.05, 3.63) is 34.9 Å². The Kier molecular flexibility index (Phi) is 6.49. The molecule has 1 aliphatic rings. The van der Waals surface area contributed by atoms with Crippen molar-refractivity contribution in [1.82, 2.24) is 4.90 Å². The van der Waals surface area contributed by atoms with Crippen LogP contribution in [0.1, 0.15) is 44.7 Å². The van der Waals surface area contributed by atoms with Gasteiger partial charge in [-0.3, -0.25) is 4.90 Å². The Bertz CT molecular complexity index is 415. The fourth-order valence-corrected chi connectivity index (χ4v) is 3.29. The van der Waals surface area contributed by atoms with Gasteiger partial charge in [0.1, 0.15) is 0 Å². The molecule has 21 heavy (non-hydrogen) atoms. The molecular weight excluding hydrogens is 284 g/mol. The smallest absolute Gasteiger partial charge is 0.0599 e. The molecule has 1 saturated heterocycles. The number of halogens is 1. The summed E-state index contributed by atoms with van der Waals surface area (Å²) in [6.07, 6.45) is 3.57. The number of nitrogens with zero attached hydrogens (tertiary/aromatic N) is 1. The minimum absolute atomic E-state index is 0.148. The van der Waals surface area contributed by atoms with Gasteiger partial charge in [-0.25, -0.2) is 0 Å². The van der Waals surface area contributed by atoms with Gasteiger partial charge in [0.25, 0.3) is 0 Å². The molecule has 2 rings (SSSR count). The monoisotopic (exact) mass is 310 g/mol. The first-order valence-electron chi connectivity index (χ1n) is 8.02. The second-order valence-electron chi connectivity index (χ2n) is 5.76. The highest BCUT2D eigenvalue weighted by Gasteiger charge is 2.29. The molecule has 118 valence electrons. The van der Waals surface area contributed by atoms with Gasteiger partial charge >= 0.3 is 0 Å². The molecule has 0 bridgehead atoms. The Morgan fingerprint density at radius 2 is 1.86 bits per heavy atom. The maximum Gasteiger partial charge on any atom is 0.0599 e. The van der Waals surface area contributed by atoms with Crippen LogP contribution in [0.4, 0.5) is 0 Å². The summed E-state index contributed by atoms with van der Waals surface area (Å²) in [5, 5.41) is 0.776. The van der Waals surface area contributed by atoms with Crippen LogP contribution in [0.5, 0.6) is 0 Å². The third-order valence-electron chi connectivity index (χ3n) is 4.36. The molecule has 1 aliphatic heterocycles.